The van der Waals surface area contributed by atoms with Gasteiger partial charge in [-0.15, -0.1) is 0 Å². The van der Waals surface area contributed by atoms with Gasteiger partial charge in [0.1, 0.15) is 13.2 Å². The van der Waals surface area contributed by atoms with E-state index in [1.165, 1.54) is 161 Å². The Bertz CT molecular complexity index is 481. The number of hydrogen-bond acceptors (Lipinski definition) is 2. The van der Waals surface area contributed by atoms with E-state index in [9.17, 15) is 4.79 Å². The van der Waals surface area contributed by atoms with E-state index in [0.29, 0.717) is 13.0 Å². The number of carbonyl (C=O) groups excluding carboxylic acids is 1. The van der Waals surface area contributed by atoms with Crippen LogP contribution >= 0.6 is 0 Å². The highest BCUT2D eigenvalue weighted by atomic mass is 16.5. The number of hydrogen-bond donors (Lipinski definition) is 0. The van der Waals surface area contributed by atoms with E-state index in [0.717, 1.165) is 23.9 Å². The zero-order valence-corrected chi connectivity index (χ0v) is 27.0. The molecule has 228 valence electrons. The number of quaternary nitrogens is 1. The Balaban J connectivity index is 4.05. The fraction of sp³-hybridized carbons (Fsp3) is 0.971. The number of carbonyl (C=O) groups is 1. The highest BCUT2D eigenvalue weighted by Crippen LogP contribution is 2.16. The van der Waals surface area contributed by atoms with Gasteiger partial charge in [0.2, 0.25) is 0 Å². The monoisotopic (exact) mass is 539 g/mol. The molecule has 0 aliphatic rings. The maximum Gasteiger partial charge on any atom is 0.305 e. The second-order valence-electron chi connectivity index (χ2n) is 12.5. The maximum absolute atomic E-state index is 12.2. The van der Waals surface area contributed by atoms with Gasteiger partial charge >= 0.3 is 5.97 Å². The number of esters is 1. The Labute approximate surface area is 240 Å². The summed E-state index contributed by atoms with van der Waals surface area (Å²) < 4.78 is 6.75. The van der Waals surface area contributed by atoms with Gasteiger partial charge in [0.15, 0.2) is 0 Å². The molecule has 0 aromatic heterocycles. The average Bonchev–Trinajstić information content (AvgIpc) is 2.91. The lowest BCUT2D eigenvalue weighted by atomic mass is 10.0. The standard InChI is InChI=1S/C35H72NO2/c1-5-8-11-14-16-17-18-19-20-21-22-23-26-29-32-36(4,31-28-25-15-12-9-6-2)33-34-38-35(37)30-27-24-13-10-7-3/h5-34H2,1-4H3/q+1. The van der Waals surface area contributed by atoms with E-state index in [-0.39, 0.29) is 5.97 Å². The third-order valence-corrected chi connectivity index (χ3v) is 8.48. The summed E-state index contributed by atoms with van der Waals surface area (Å²) in [4.78, 5) is 12.2. The number of unbranched alkanes of at least 4 members (excludes halogenated alkanes) is 22. The minimum absolute atomic E-state index is 0.0177. The Kier molecular flexibility index (Phi) is 29.0. The Morgan fingerprint density at radius 2 is 0.763 bits per heavy atom. The van der Waals surface area contributed by atoms with Gasteiger partial charge in [0, 0.05) is 6.42 Å². The molecule has 0 fully saturated rings. The molecule has 0 saturated heterocycles. The van der Waals surface area contributed by atoms with E-state index >= 15 is 0 Å². The molecule has 3 nitrogen and oxygen atoms in total. The average molecular weight is 539 g/mol. The third-order valence-electron chi connectivity index (χ3n) is 8.48. The molecular formula is C35H72NO2+. The lowest BCUT2D eigenvalue weighted by molar-refractivity contribution is -0.910. The zero-order valence-electron chi connectivity index (χ0n) is 27.0. The first-order valence-electron chi connectivity index (χ1n) is 17.6. The molecule has 1 atom stereocenters. The zero-order chi connectivity index (χ0) is 28.0. The summed E-state index contributed by atoms with van der Waals surface area (Å²) in [7, 11) is 2.41. The molecule has 1 unspecified atom stereocenters. The Morgan fingerprint density at radius 1 is 0.447 bits per heavy atom. The fourth-order valence-corrected chi connectivity index (χ4v) is 5.62. The molecule has 0 spiro atoms. The molecule has 0 bridgehead atoms. The van der Waals surface area contributed by atoms with Gasteiger partial charge in [-0.3, -0.25) is 4.79 Å². The van der Waals surface area contributed by atoms with E-state index in [2.05, 4.69) is 27.8 Å². The van der Waals surface area contributed by atoms with Gasteiger partial charge in [0.05, 0.1) is 20.1 Å². The molecule has 0 rings (SSSR count). The highest BCUT2D eigenvalue weighted by Gasteiger charge is 2.21. The topological polar surface area (TPSA) is 26.3 Å². The summed E-state index contributed by atoms with van der Waals surface area (Å²) >= 11 is 0. The molecular weight excluding hydrogens is 466 g/mol. The second kappa shape index (κ2) is 29.4. The number of likely N-dealkylation sites (N-methyl/N-ethyl adjacent to an activating group) is 1. The van der Waals surface area contributed by atoms with Crippen LogP contribution in [0.15, 0.2) is 0 Å². The third kappa shape index (κ3) is 27.0. The fourth-order valence-electron chi connectivity index (χ4n) is 5.62. The molecule has 0 saturated carbocycles. The molecule has 0 N–H and O–H groups in total. The first-order chi connectivity index (χ1) is 18.6. The number of ether oxygens (including phenoxy) is 1. The number of nitrogens with zero attached hydrogens (tertiary/aromatic N) is 1. The molecule has 0 aliphatic carbocycles. The van der Waals surface area contributed by atoms with Crippen LogP contribution in [0.1, 0.15) is 188 Å². The van der Waals surface area contributed by atoms with E-state index in [4.69, 9.17) is 4.74 Å². The summed E-state index contributed by atoms with van der Waals surface area (Å²) in [6.45, 7) is 10.9. The highest BCUT2D eigenvalue weighted by molar-refractivity contribution is 5.69. The van der Waals surface area contributed by atoms with Gasteiger partial charge in [0.25, 0.3) is 0 Å². The van der Waals surface area contributed by atoms with Crippen molar-refractivity contribution in [2.75, 3.05) is 33.3 Å². The first-order valence-corrected chi connectivity index (χ1v) is 17.6. The molecule has 0 aliphatic heterocycles. The first kappa shape index (κ1) is 37.4. The van der Waals surface area contributed by atoms with Crippen LogP contribution in [0.2, 0.25) is 0 Å². The van der Waals surface area contributed by atoms with Crippen molar-refractivity contribution in [3.05, 3.63) is 0 Å². The lowest BCUT2D eigenvalue weighted by Gasteiger charge is -2.34. The smallest absolute Gasteiger partial charge is 0.305 e. The van der Waals surface area contributed by atoms with Gasteiger partial charge in [-0.2, -0.15) is 0 Å². The molecule has 3 heteroatoms. The van der Waals surface area contributed by atoms with Crippen molar-refractivity contribution in [3.63, 3.8) is 0 Å². The van der Waals surface area contributed by atoms with E-state index in [1.54, 1.807) is 0 Å². The normalized spacial score (nSPS) is 13.1. The minimum atomic E-state index is 0.0177. The quantitative estimate of drug-likeness (QED) is 0.0498. The molecule has 0 amide bonds. The molecule has 0 radical (unpaired) electrons. The van der Waals surface area contributed by atoms with Gasteiger partial charge in [-0.25, -0.2) is 0 Å². The van der Waals surface area contributed by atoms with Gasteiger partial charge in [-0.05, 0) is 32.1 Å². The SMILES string of the molecule is CCCCCCCCCCCCCCCC[N+](C)(CCCCCCCC)CCOC(=O)CCCCCCC. The summed E-state index contributed by atoms with van der Waals surface area (Å²) in [5.74, 6) is 0.0177. The molecule has 0 aromatic rings. The largest absolute Gasteiger partial charge is 0.460 e. The predicted molar refractivity (Wildman–Crippen MR) is 169 cm³/mol. The molecule has 0 heterocycles. The van der Waals surface area contributed by atoms with Crippen molar-refractivity contribution < 1.29 is 14.0 Å². The lowest BCUT2D eigenvalue weighted by Crippen LogP contribution is -2.48. The summed E-state index contributed by atoms with van der Waals surface area (Å²) in [6.07, 6.45) is 34.4. The van der Waals surface area contributed by atoms with Crippen LogP contribution in [-0.2, 0) is 9.53 Å². The van der Waals surface area contributed by atoms with Crippen molar-refractivity contribution in [1.82, 2.24) is 0 Å². The van der Waals surface area contributed by atoms with Crippen molar-refractivity contribution in [2.45, 2.75) is 188 Å². The van der Waals surface area contributed by atoms with E-state index in [1.807, 2.05) is 0 Å². The van der Waals surface area contributed by atoms with Crippen molar-refractivity contribution in [3.8, 4) is 0 Å². The number of rotatable bonds is 31. The maximum atomic E-state index is 12.2. The van der Waals surface area contributed by atoms with Crippen LogP contribution in [0.5, 0.6) is 0 Å². The Morgan fingerprint density at radius 3 is 1.13 bits per heavy atom. The van der Waals surface area contributed by atoms with Gasteiger partial charge < -0.3 is 9.22 Å². The predicted octanol–water partition coefficient (Wildman–Crippen LogP) is 11.2. The van der Waals surface area contributed by atoms with Gasteiger partial charge in [-0.1, -0.05) is 149 Å². The molecule has 0 aromatic carbocycles. The van der Waals surface area contributed by atoms with Crippen molar-refractivity contribution in [2.24, 2.45) is 0 Å². The van der Waals surface area contributed by atoms with Crippen molar-refractivity contribution >= 4 is 5.97 Å². The summed E-state index contributed by atoms with van der Waals surface area (Å²) in [5.41, 5.74) is 0. The minimum Gasteiger partial charge on any atom is -0.460 e. The van der Waals surface area contributed by atoms with Crippen LogP contribution < -0.4 is 0 Å². The van der Waals surface area contributed by atoms with Crippen molar-refractivity contribution in [1.29, 1.82) is 0 Å². The Hall–Kier alpha value is -0.570. The van der Waals surface area contributed by atoms with Crippen LogP contribution in [0.25, 0.3) is 0 Å². The summed E-state index contributed by atoms with van der Waals surface area (Å²) in [6, 6.07) is 0. The van der Waals surface area contributed by atoms with Crippen LogP contribution in [-0.4, -0.2) is 43.7 Å². The van der Waals surface area contributed by atoms with E-state index < -0.39 is 0 Å². The molecule has 38 heavy (non-hydrogen) atoms. The van der Waals surface area contributed by atoms with Crippen LogP contribution in [0, 0.1) is 0 Å². The van der Waals surface area contributed by atoms with Crippen LogP contribution in [0.3, 0.4) is 0 Å². The second-order valence-corrected chi connectivity index (χ2v) is 12.5. The van der Waals surface area contributed by atoms with Crippen LogP contribution in [0.4, 0.5) is 0 Å². The summed E-state index contributed by atoms with van der Waals surface area (Å²) in [5, 5.41) is 0.